The van der Waals surface area contributed by atoms with Crippen LogP contribution in [0.25, 0.3) is 0 Å². The van der Waals surface area contributed by atoms with Crippen molar-refractivity contribution in [3.05, 3.63) is 30.3 Å². The third-order valence-electron chi connectivity index (χ3n) is 1.24. The fourth-order valence-corrected chi connectivity index (χ4v) is 2.03. The van der Waals surface area contributed by atoms with Crippen LogP contribution in [0.5, 0.6) is 0 Å². The van der Waals surface area contributed by atoms with E-state index in [2.05, 4.69) is 0 Å². The first-order chi connectivity index (χ1) is 5.70. The van der Waals surface area contributed by atoms with Crippen LogP contribution in [0.1, 0.15) is 6.92 Å². The summed E-state index contributed by atoms with van der Waals surface area (Å²) in [4.78, 5) is 21.6. The summed E-state index contributed by atoms with van der Waals surface area (Å²) in [7, 11) is 0. The van der Waals surface area contributed by atoms with Crippen LogP contribution in [0.4, 0.5) is 0 Å². The maximum absolute atomic E-state index is 11.0. The zero-order valence-corrected chi connectivity index (χ0v) is 8.32. The van der Waals surface area contributed by atoms with Crippen LogP contribution in [-0.4, -0.2) is 25.4 Å². The summed E-state index contributed by atoms with van der Waals surface area (Å²) in [6.45, 7) is 1.31. The molecule has 0 heterocycles. The third kappa shape index (κ3) is 2.61. The molecule has 0 aromatic heterocycles. The molecule has 62 valence electrons. The van der Waals surface area contributed by atoms with Crippen LogP contribution in [0.15, 0.2) is 30.3 Å². The van der Waals surface area contributed by atoms with Crippen molar-refractivity contribution in [2.24, 2.45) is 0 Å². The molecule has 0 fully saturated rings. The van der Waals surface area contributed by atoms with Crippen molar-refractivity contribution in [2.75, 3.05) is 0 Å². The second-order valence-corrected chi connectivity index (χ2v) is 4.45. The second-order valence-electron chi connectivity index (χ2n) is 2.26. The summed E-state index contributed by atoms with van der Waals surface area (Å²) in [6, 6.07) is 9.34. The van der Waals surface area contributed by atoms with Crippen LogP contribution in [0.3, 0.4) is 0 Å². The predicted octanol–water partition coefficient (Wildman–Crippen LogP) is 0.132. The summed E-state index contributed by atoms with van der Waals surface area (Å²) < 4.78 is 0.680. The van der Waals surface area contributed by atoms with Gasteiger partial charge in [-0.15, -0.1) is 0 Å². The molecule has 0 aliphatic heterocycles. The molecule has 1 aromatic rings. The number of benzene rings is 1. The standard InChI is InChI=1S/C9H8O2Se/c1-7(10)9(11)12-8-5-3-2-4-6-8/h2-6H,1H3. The van der Waals surface area contributed by atoms with Crippen LogP contribution in [-0.2, 0) is 9.59 Å². The van der Waals surface area contributed by atoms with E-state index in [4.69, 9.17) is 0 Å². The first-order valence-electron chi connectivity index (χ1n) is 3.48. The first-order valence-corrected chi connectivity index (χ1v) is 5.19. The van der Waals surface area contributed by atoms with Gasteiger partial charge in [-0.2, -0.15) is 0 Å². The molecule has 0 unspecified atom stereocenters. The van der Waals surface area contributed by atoms with E-state index in [0.717, 1.165) is 4.46 Å². The molecule has 0 aliphatic carbocycles. The van der Waals surface area contributed by atoms with Crippen molar-refractivity contribution in [3.63, 3.8) is 0 Å². The Morgan fingerprint density at radius 1 is 1.17 bits per heavy atom. The van der Waals surface area contributed by atoms with Crippen molar-refractivity contribution >= 4 is 29.9 Å². The molecule has 3 heteroatoms. The summed E-state index contributed by atoms with van der Waals surface area (Å²) in [5.41, 5.74) is 0. The number of Topliss-reactive ketones (excluding diaryl/α,β-unsaturated/α-hetero) is 1. The molecule has 0 bridgehead atoms. The van der Waals surface area contributed by atoms with Gasteiger partial charge in [-0.05, 0) is 0 Å². The van der Waals surface area contributed by atoms with E-state index in [9.17, 15) is 9.59 Å². The number of hydrogen-bond donors (Lipinski definition) is 0. The summed E-state index contributed by atoms with van der Waals surface area (Å²) in [5, 5.41) is 0. The maximum atomic E-state index is 11.0. The number of hydrogen-bond acceptors (Lipinski definition) is 2. The Morgan fingerprint density at radius 3 is 2.25 bits per heavy atom. The van der Waals surface area contributed by atoms with Crippen molar-refractivity contribution in [3.8, 4) is 0 Å². The van der Waals surface area contributed by atoms with Gasteiger partial charge in [0.25, 0.3) is 0 Å². The minimum absolute atomic E-state index is 0.270. The molecule has 0 spiro atoms. The Kier molecular flexibility index (Phi) is 3.20. The van der Waals surface area contributed by atoms with E-state index in [1.54, 1.807) is 0 Å². The Hall–Kier alpha value is -0.921. The normalized spacial score (nSPS) is 9.42. The van der Waals surface area contributed by atoms with Gasteiger partial charge in [0, 0.05) is 0 Å². The molecule has 0 N–H and O–H groups in total. The van der Waals surface area contributed by atoms with Gasteiger partial charge in [0.2, 0.25) is 0 Å². The molecular formula is C9H8O2Se. The minimum atomic E-state index is -0.348. The van der Waals surface area contributed by atoms with E-state index in [1.807, 2.05) is 30.3 Å². The summed E-state index contributed by atoms with van der Waals surface area (Å²) in [6.07, 6.45) is 0. The number of rotatable bonds is 3. The van der Waals surface area contributed by atoms with Gasteiger partial charge in [-0.3, -0.25) is 0 Å². The van der Waals surface area contributed by atoms with Crippen molar-refractivity contribution in [1.82, 2.24) is 0 Å². The van der Waals surface area contributed by atoms with Crippen LogP contribution in [0, 0.1) is 0 Å². The molecule has 0 aliphatic rings. The van der Waals surface area contributed by atoms with Gasteiger partial charge in [-0.1, -0.05) is 0 Å². The molecule has 1 aromatic carbocycles. The van der Waals surface area contributed by atoms with Gasteiger partial charge in [-0.25, -0.2) is 0 Å². The van der Waals surface area contributed by atoms with Crippen LogP contribution < -0.4 is 4.46 Å². The molecule has 0 radical (unpaired) electrons. The van der Waals surface area contributed by atoms with E-state index in [1.165, 1.54) is 6.92 Å². The SMILES string of the molecule is CC(=O)C(=O)[Se]c1ccccc1. The van der Waals surface area contributed by atoms with Crippen LogP contribution >= 0.6 is 0 Å². The van der Waals surface area contributed by atoms with Crippen molar-refractivity contribution in [1.29, 1.82) is 0 Å². The predicted molar refractivity (Wildman–Crippen MR) is 47.5 cm³/mol. The third-order valence-corrected chi connectivity index (χ3v) is 3.30. The molecule has 0 amide bonds. The van der Waals surface area contributed by atoms with Crippen molar-refractivity contribution in [2.45, 2.75) is 6.92 Å². The average molecular weight is 227 g/mol. The zero-order chi connectivity index (χ0) is 8.97. The number of carbonyl (C=O) groups excluding carboxylic acids is 2. The molecule has 0 saturated heterocycles. The molecule has 2 nitrogen and oxygen atoms in total. The van der Waals surface area contributed by atoms with E-state index in [-0.39, 0.29) is 25.4 Å². The van der Waals surface area contributed by atoms with E-state index >= 15 is 0 Å². The topological polar surface area (TPSA) is 34.1 Å². The Balaban J connectivity index is 2.65. The van der Waals surface area contributed by atoms with Gasteiger partial charge >= 0.3 is 76.7 Å². The quantitative estimate of drug-likeness (QED) is 0.543. The Bertz CT molecular complexity index is 293. The molecule has 12 heavy (non-hydrogen) atoms. The number of carbonyl (C=O) groups is 2. The molecule has 0 atom stereocenters. The monoisotopic (exact) mass is 228 g/mol. The average Bonchev–Trinajstić information content (AvgIpc) is 2.06. The fourth-order valence-electron chi connectivity index (χ4n) is 0.667. The Labute approximate surface area is 77.1 Å². The number of ketones is 1. The fraction of sp³-hybridized carbons (Fsp3) is 0.111. The summed E-state index contributed by atoms with van der Waals surface area (Å²) in [5.74, 6) is -0.348. The molecule has 1 rings (SSSR count). The first kappa shape index (κ1) is 9.17. The van der Waals surface area contributed by atoms with Crippen LogP contribution in [0.2, 0.25) is 0 Å². The Morgan fingerprint density at radius 2 is 1.75 bits per heavy atom. The molecular weight excluding hydrogens is 219 g/mol. The second kappa shape index (κ2) is 4.19. The van der Waals surface area contributed by atoms with Gasteiger partial charge < -0.3 is 0 Å². The summed E-state index contributed by atoms with van der Waals surface area (Å²) >= 11 is -0.340. The van der Waals surface area contributed by atoms with Gasteiger partial charge in [0.05, 0.1) is 0 Å². The van der Waals surface area contributed by atoms with E-state index < -0.39 is 0 Å². The van der Waals surface area contributed by atoms with E-state index in [0.29, 0.717) is 0 Å². The van der Waals surface area contributed by atoms with Crippen molar-refractivity contribution < 1.29 is 9.59 Å². The van der Waals surface area contributed by atoms with Gasteiger partial charge in [0.1, 0.15) is 0 Å². The molecule has 0 saturated carbocycles. The zero-order valence-electron chi connectivity index (χ0n) is 6.61. The van der Waals surface area contributed by atoms with Gasteiger partial charge in [0.15, 0.2) is 0 Å².